The Morgan fingerprint density at radius 1 is 1.22 bits per heavy atom. The van der Waals surface area contributed by atoms with Gasteiger partial charge >= 0.3 is 7.12 Å². The zero-order valence-electron chi connectivity index (χ0n) is 12.3. The second kappa shape index (κ2) is 4.99. The molecule has 2 rings (SSSR count). The Kier molecular flexibility index (Phi) is 3.91. The molecular weight excluding hydrogens is 227 g/mol. The average molecular weight is 252 g/mol. The molecule has 2 heterocycles. The first-order valence-corrected chi connectivity index (χ1v) is 7.02. The van der Waals surface area contributed by atoms with Crippen LogP contribution in [-0.2, 0) is 14.0 Å². The molecule has 1 atom stereocenters. The Balaban J connectivity index is 2.04. The summed E-state index contributed by atoms with van der Waals surface area (Å²) in [7, 11) is -0.196. The third kappa shape index (κ3) is 2.66. The van der Waals surface area contributed by atoms with Gasteiger partial charge in [0.1, 0.15) is 0 Å². The standard InChI is InChI=1S/C14H25BO3/c1-6-7-12-10-11(8-9-16-12)15-17-13(2,3)14(4,5)18-15/h8,12H,6-7,9-10H2,1-5H3. The summed E-state index contributed by atoms with van der Waals surface area (Å²) in [4.78, 5) is 0. The molecule has 3 nitrogen and oxygen atoms in total. The number of hydrogen-bond donors (Lipinski definition) is 0. The van der Waals surface area contributed by atoms with Crippen molar-refractivity contribution in [3.8, 4) is 0 Å². The lowest BCUT2D eigenvalue weighted by molar-refractivity contribution is 0.00578. The van der Waals surface area contributed by atoms with Gasteiger partial charge in [-0.1, -0.05) is 19.4 Å². The van der Waals surface area contributed by atoms with Gasteiger partial charge in [0.2, 0.25) is 0 Å². The predicted octanol–water partition coefficient (Wildman–Crippen LogP) is 3.13. The molecule has 102 valence electrons. The summed E-state index contributed by atoms with van der Waals surface area (Å²) in [6, 6.07) is 0. The lowest BCUT2D eigenvalue weighted by atomic mass is 9.73. The van der Waals surface area contributed by atoms with Gasteiger partial charge in [-0.3, -0.25) is 0 Å². The fourth-order valence-corrected chi connectivity index (χ4v) is 2.39. The molecule has 0 aliphatic carbocycles. The molecule has 1 fully saturated rings. The van der Waals surface area contributed by atoms with E-state index in [0.717, 1.165) is 19.3 Å². The maximum Gasteiger partial charge on any atom is 0.490 e. The molecular formula is C14H25BO3. The van der Waals surface area contributed by atoms with E-state index in [0.29, 0.717) is 12.7 Å². The molecule has 0 aromatic rings. The molecule has 1 unspecified atom stereocenters. The van der Waals surface area contributed by atoms with E-state index in [4.69, 9.17) is 14.0 Å². The highest BCUT2D eigenvalue weighted by atomic mass is 16.7. The number of rotatable bonds is 3. The SMILES string of the molecule is CCCC1CC(B2OC(C)(C)C(C)(C)O2)=CCO1. The van der Waals surface area contributed by atoms with Gasteiger partial charge < -0.3 is 14.0 Å². The topological polar surface area (TPSA) is 27.7 Å². The Morgan fingerprint density at radius 2 is 1.83 bits per heavy atom. The fourth-order valence-electron chi connectivity index (χ4n) is 2.39. The molecule has 0 aromatic heterocycles. The van der Waals surface area contributed by atoms with Gasteiger partial charge in [0, 0.05) is 0 Å². The molecule has 2 aliphatic rings. The Bertz CT molecular complexity index is 320. The first-order valence-electron chi connectivity index (χ1n) is 7.02. The fraction of sp³-hybridized carbons (Fsp3) is 0.857. The van der Waals surface area contributed by atoms with Crippen LogP contribution < -0.4 is 0 Å². The van der Waals surface area contributed by atoms with Crippen molar-refractivity contribution in [3.63, 3.8) is 0 Å². The Labute approximate surface area is 111 Å². The van der Waals surface area contributed by atoms with Crippen molar-refractivity contribution >= 4 is 7.12 Å². The quantitative estimate of drug-likeness (QED) is 0.722. The number of ether oxygens (including phenoxy) is 1. The van der Waals surface area contributed by atoms with E-state index < -0.39 is 0 Å². The van der Waals surface area contributed by atoms with Gasteiger partial charge in [-0.15, -0.1) is 0 Å². The molecule has 0 radical (unpaired) electrons. The molecule has 0 N–H and O–H groups in total. The van der Waals surface area contributed by atoms with Gasteiger partial charge in [-0.25, -0.2) is 0 Å². The third-order valence-electron chi connectivity index (χ3n) is 4.31. The highest BCUT2D eigenvalue weighted by Crippen LogP contribution is 2.39. The Morgan fingerprint density at radius 3 is 2.39 bits per heavy atom. The van der Waals surface area contributed by atoms with Crippen LogP contribution in [0.3, 0.4) is 0 Å². The van der Waals surface area contributed by atoms with E-state index in [-0.39, 0.29) is 18.3 Å². The highest BCUT2D eigenvalue weighted by Gasteiger charge is 2.52. The van der Waals surface area contributed by atoms with Crippen LogP contribution in [0.1, 0.15) is 53.9 Å². The van der Waals surface area contributed by atoms with Crippen LogP contribution >= 0.6 is 0 Å². The summed E-state index contributed by atoms with van der Waals surface area (Å²) in [5.41, 5.74) is 0.743. The molecule has 1 saturated heterocycles. The molecule has 0 amide bonds. The highest BCUT2D eigenvalue weighted by molar-refractivity contribution is 6.54. The van der Waals surface area contributed by atoms with Crippen LogP contribution in [0.4, 0.5) is 0 Å². The largest absolute Gasteiger partial charge is 0.490 e. The van der Waals surface area contributed by atoms with Gasteiger partial charge in [0.05, 0.1) is 23.9 Å². The monoisotopic (exact) mass is 252 g/mol. The van der Waals surface area contributed by atoms with Crippen molar-refractivity contribution in [3.05, 3.63) is 11.5 Å². The summed E-state index contributed by atoms with van der Waals surface area (Å²) >= 11 is 0. The normalized spacial score (nSPS) is 30.4. The van der Waals surface area contributed by atoms with Gasteiger partial charge in [0.15, 0.2) is 0 Å². The summed E-state index contributed by atoms with van der Waals surface area (Å²) in [5.74, 6) is 0. The molecule has 0 bridgehead atoms. The zero-order valence-corrected chi connectivity index (χ0v) is 12.3. The summed E-state index contributed by atoms with van der Waals surface area (Å²) in [6.07, 6.45) is 5.64. The van der Waals surface area contributed by atoms with E-state index >= 15 is 0 Å². The Hall–Kier alpha value is -0.315. The zero-order chi connectivity index (χ0) is 13.4. The minimum Gasteiger partial charge on any atom is -0.400 e. The van der Waals surface area contributed by atoms with Crippen molar-refractivity contribution in [2.45, 2.75) is 71.2 Å². The van der Waals surface area contributed by atoms with E-state index in [2.05, 4.69) is 40.7 Å². The van der Waals surface area contributed by atoms with Crippen LogP contribution in [-0.4, -0.2) is 31.0 Å². The second-order valence-corrected chi connectivity index (χ2v) is 6.32. The van der Waals surface area contributed by atoms with E-state index in [1.807, 2.05) is 0 Å². The van der Waals surface area contributed by atoms with Crippen LogP contribution in [0.5, 0.6) is 0 Å². The lowest BCUT2D eigenvalue weighted by Crippen LogP contribution is -2.41. The van der Waals surface area contributed by atoms with E-state index in [1.165, 1.54) is 5.47 Å². The van der Waals surface area contributed by atoms with Crippen molar-refractivity contribution in [2.24, 2.45) is 0 Å². The summed E-state index contributed by atoms with van der Waals surface area (Å²) in [5, 5.41) is 0. The van der Waals surface area contributed by atoms with E-state index in [1.54, 1.807) is 0 Å². The third-order valence-corrected chi connectivity index (χ3v) is 4.31. The molecule has 0 saturated carbocycles. The minimum absolute atomic E-state index is 0.196. The van der Waals surface area contributed by atoms with E-state index in [9.17, 15) is 0 Å². The maximum atomic E-state index is 6.08. The second-order valence-electron chi connectivity index (χ2n) is 6.32. The van der Waals surface area contributed by atoms with Crippen LogP contribution in [0.25, 0.3) is 0 Å². The van der Waals surface area contributed by atoms with Gasteiger partial charge in [-0.2, -0.15) is 0 Å². The first-order chi connectivity index (χ1) is 8.36. The average Bonchev–Trinajstić information content (AvgIpc) is 2.49. The first kappa shape index (κ1) is 14.1. The van der Waals surface area contributed by atoms with Gasteiger partial charge in [0.25, 0.3) is 0 Å². The molecule has 0 spiro atoms. The van der Waals surface area contributed by atoms with Crippen molar-refractivity contribution < 1.29 is 14.0 Å². The summed E-state index contributed by atoms with van der Waals surface area (Å²) < 4.78 is 17.9. The van der Waals surface area contributed by atoms with Crippen LogP contribution in [0.2, 0.25) is 0 Å². The van der Waals surface area contributed by atoms with Crippen molar-refractivity contribution in [2.75, 3.05) is 6.61 Å². The minimum atomic E-state index is -0.253. The maximum absolute atomic E-state index is 6.08. The molecule has 0 aromatic carbocycles. The van der Waals surface area contributed by atoms with Crippen LogP contribution in [0, 0.1) is 0 Å². The molecule has 2 aliphatic heterocycles. The smallest absolute Gasteiger partial charge is 0.400 e. The van der Waals surface area contributed by atoms with Crippen LogP contribution in [0.15, 0.2) is 11.5 Å². The molecule has 4 heteroatoms. The lowest BCUT2D eigenvalue weighted by Gasteiger charge is -2.32. The number of hydrogen-bond acceptors (Lipinski definition) is 3. The van der Waals surface area contributed by atoms with Gasteiger partial charge in [-0.05, 0) is 46.0 Å². The van der Waals surface area contributed by atoms with Crippen molar-refractivity contribution in [1.82, 2.24) is 0 Å². The van der Waals surface area contributed by atoms with Crippen molar-refractivity contribution in [1.29, 1.82) is 0 Å². The predicted molar refractivity (Wildman–Crippen MR) is 73.4 cm³/mol. The summed E-state index contributed by atoms with van der Waals surface area (Å²) in [6.45, 7) is 11.2. The molecule has 18 heavy (non-hydrogen) atoms.